The summed E-state index contributed by atoms with van der Waals surface area (Å²) in [5.41, 5.74) is 8.23. The fraction of sp³-hybridized carbons (Fsp3) is 0.567. The van der Waals surface area contributed by atoms with E-state index in [0.717, 1.165) is 67.4 Å². The smallest absolute Gasteiger partial charge is 0.410 e. The molecule has 1 aliphatic carbocycles. The van der Waals surface area contributed by atoms with Crippen LogP contribution in [0.5, 0.6) is 0 Å². The Morgan fingerprint density at radius 2 is 1.88 bits per heavy atom. The maximum atomic E-state index is 12.6. The number of carbonyl (C=O) groups excluding carboxylic acids is 1. The summed E-state index contributed by atoms with van der Waals surface area (Å²) in [6.45, 7) is 21.4. The molecule has 5 heterocycles. The second kappa shape index (κ2) is 11.3. The van der Waals surface area contributed by atoms with Crippen LogP contribution in [0, 0.1) is 6.57 Å². The minimum Gasteiger partial charge on any atom is -0.444 e. The van der Waals surface area contributed by atoms with E-state index in [1.165, 1.54) is 11.3 Å². The number of thiophene rings is 1. The molecule has 0 bridgehead atoms. The number of hydrogen-bond donors (Lipinski definition) is 2. The van der Waals surface area contributed by atoms with E-state index in [-0.39, 0.29) is 6.09 Å². The first-order valence-corrected chi connectivity index (χ1v) is 15.7. The van der Waals surface area contributed by atoms with Crippen molar-refractivity contribution in [2.45, 2.75) is 58.0 Å². The average Bonchev–Trinajstić information content (AvgIpc) is 3.62. The van der Waals surface area contributed by atoms with Gasteiger partial charge in [-0.1, -0.05) is 5.16 Å². The van der Waals surface area contributed by atoms with Gasteiger partial charge in [0.15, 0.2) is 0 Å². The topological polar surface area (TPSA) is 130 Å². The lowest BCUT2D eigenvalue weighted by Crippen LogP contribution is -2.50. The molecule has 0 spiro atoms. The Morgan fingerprint density at radius 1 is 1.14 bits per heavy atom. The molecule has 3 N–H and O–H groups in total. The average molecular weight is 606 g/mol. The lowest BCUT2D eigenvalue weighted by Gasteiger charge is -2.37. The van der Waals surface area contributed by atoms with Crippen LogP contribution in [0.4, 0.5) is 27.0 Å². The van der Waals surface area contributed by atoms with Gasteiger partial charge in [-0.15, -0.1) is 11.3 Å². The Hall–Kier alpha value is -3.89. The van der Waals surface area contributed by atoms with Crippen molar-refractivity contribution in [2.75, 3.05) is 67.9 Å². The number of aromatic nitrogens is 3. The molecule has 0 radical (unpaired) electrons. The molecule has 3 aromatic rings. The van der Waals surface area contributed by atoms with Crippen molar-refractivity contribution in [3.05, 3.63) is 39.9 Å². The van der Waals surface area contributed by atoms with Crippen molar-refractivity contribution in [1.82, 2.24) is 25.3 Å². The number of fused-ring (bicyclic) bond motifs is 1. The van der Waals surface area contributed by atoms with Crippen LogP contribution in [-0.2, 0) is 16.6 Å². The van der Waals surface area contributed by atoms with Crippen LogP contribution >= 0.6 is 11.3 Å². The molecular weight excluding hydrogens is 566 g/mol. The quantitative estimate of drug-likeness (QED) is 0.412. The number of nitrogens with zero attached hydrogens (tertiary/aromatic N) is 7. The fourth-order valence-corrected chi connectivity index (χ4v) is 7.35. The first kappa shape index (κ1) is 29.2. The van der Waals surface area contributed by atoms with Crippen LogP contribution < -0.4 is 20.9 Å². The normalized spacial score (nSPS) is 21.0. The second-order valence-electron chi connectivity index (χ2n) is 12.6. The lowest BCUT2D eigenvalue weighted by molar-refractivity contribution is 0.0240. The second-order valence-corrected chi connectivity index (χ2v) is 13.7. The highest BCUT2D eigenvalue weighted by Crippen LogP contribution is 2.52. The molecule has 0 aromatic carbocycles. The van der Waals surface area contributed by atoms with E-state index in [4.69, 9.17) is 31.5 Å². The molecule has 13 heteroatoms. The standard InChI is InChI=1S/C30H39N9O3S/c1-29(2,3)41-28(40)39-15-13-38(14-16-39)22-18-19(37-11-9-33-10-12-37)17-20(34-22)26-35-27(42-36-26)30(4)8-6-7-21-23(30)24(32-5)25(31)43-21/h17-18,33H,6-16,31H2,1-4H3. The molecule has 2 saturated heterocycles. The molecule has 1 amide bonds. The Bertz CT molecular complexity index is 1540. The van der Waals surface area contributed by atoms with E-state index in [2.05, 4.69) is 38.1 Å². The molecule has 3 aromatic heterocycles. The van der Waals surface area contributed by atoms with E-state index in [0.29, 0.717) is 54.3 Å². The van der Waals surface area contributed by atoms with Crippen LogP contribution in [0.25, 0.3) is 16.4 Å². The molecule has 12 nitrogen and oxygen atoms in total. The first-order chi connectivity index (χ1) is 20.6. The summed E-state index contributed by atoms with van der Waals surface area (Å²) in [6, 6.07) is 4.14. The zero-order chi connectivity index (χ0) is 30.4. The van der Waals surface area contributed by atoms with Gasteiger partial charge in [0.05, 0.1) is 17.0 Å². The van der Waals surface area contributed by atoms with Gasteiger partial charge in [-0.25, -0.2) is 14.6 Å². The third-order valence-corrected chi connectivity index (χ3v) is 9.46. The van der Waals surface area contributed by atoms with E-state index >= 15 is 0 Å². The third-order valence-electron chi connectivity index (χ3n) is 8.39. The number of anilines is 3. The Kier molecular flexibility index (Phi) is 7.68. The molecule has 1 atom stereocenters. The van der Waals surface area contributed by atoms with Gasteiger partial charge in [0.2, 0.25) is 17.4 Å². The van der Waals surface area contributed by atoms with Crippen LogP contribution in [0.1, 0.15) is 56.9 Å². The summed E-state index contributed by atoms with van der Waals surface area (Å²) in [7, 11) is 0. The predicted octanol–water partition coefficient (Wildman–Crippen LogP) is 4.44. The number of nitrogen functional groups attached to an aromatic ring is 1. The summed E-state index contributed by atoms with van der Waals surface area (Å²) >= 11 is 1.49. The lowest BCUT2D eigenvalue weighted by atomic mass is 9.73. The number of aryl methyl sites for hydroxylation is 1. The summed E-state index contributed by atoms with van der Waals surface area (Å²) in [6.07, 6.45) is 2.36. The minimum absolute atomic E-state index is 0.289. The van der Waals surface area contributed by atoms with E-state index < -0.39 is 11.0 Å². The number of piperazine rings is 2. The number of rotatable bonds is 4. The number of pyridine rings is 1. The number of nitrogens with two attached hydrogens (primary N) is 1. The van der Waals surface area contributed by atoms with Gasteiger partial charge >= 0.3 is 6.09 Å². The van der Waals surface area contributed by atoms with Crippen LogP contribution in [0.3, 0.4) is 0 Å². The van der Waals surface area contributed by atoms with Crippen molar-refractivity contribution in [3.63, 3.8) is 0 Å². The van der Waals surface area contributed by atoms with Crippen LogP contribution in [0.2, 0.25) is 0 Å². The maximum absolute atomic E-state index is 12.6. The summed E-state index contributed by atoms with van der Waals surface area (Å²) in [5, 5.41) is 8.38. The molecule has 1 unspecified atom stereocenters. The first-order valence-electron chi connectivity index (χ1n) is 14.9. The number of amides is 1. The van der Waals surface area contributed by atoms with Crippen molar-refractivity contribution in [1.29, 1.82) is 0 Å². The van der Waals surface area contributed by atoms with Crippen LogP contribution in [-0.4, -0.2) is 84.1 Å². The van der Waals surface area contributed by atoms with Gasteiger partial charge in [0, 0.05) is 64.1 Å². The van der Waals surface area contributed by atoms with Crippen molar-refractivity contribution < 1.29 is 14.1 Å². The van der Waals surface area contributed by atoms with Gasteiger partial charge in [-0.05, 0) is 63.5 Å². The van der Waals surface area contributed by atoms with Gasteiger partial charge in [0.1, 0.15) is 17.1 Å². The number of hydrogen-bond acceptors (Lipinski definition) is 11. The molecule has 2 fully saturated rings. The maximum Gasteiger partial charge on any atom is 0.410 e. The Balaban J connectivity index is 1.31. The highest BCUT2D eigenvalue weighted by atomic mass is 32.1. The Labute approximate surface area is 256 Å². The largest absolute Gasteiger partial charge is 0.444 e. The Morgan fingerprint density at radius 3 is 2.58 bits per heavy atom. The van der Waals surface area contributed by atoms with Crippen molar-refractivity contribution >= 4 is 39.6 Å². The monoisotopic (exact) mass is 605 g/mol. The molecule has 0 saturated carbocycles. The van der Waals surface area contributed by atoms with Gasteiger partial charge in [-0.2, -0.15) is 4.98 Å². The summed E-state index contributed by atoms with van der Waals surface area (Å²) in [4.78, 5) is 33.7. The fourth-order valence-electron chi connectivity index (χ4n) is 6.17. The molecule has 3 aliphatic rings. The zero-order valence-corrected chi connectivity index (χ0v) is 26.1. The molecule has 2 aliphatic heterocycles. The summed E-state index contributed by atoms with van der Waals surface area (Å²) < 4.78 is 11.5. The predicted molar refractivity (Wildman–Crippen MR) is 167 cm³/mol. The van der Waals surface area contributed by atoms with E-state index in [9.17, 15) is 4.79 Å². The van der Waals surface area contributed by atoms with E-state index in [1.54, 1.807) is 4.90 Å². The molecule has 6 rings (SSSR count). The zero-order valence-electron chi connectivity index (χ0n) is 25.3. The van der Waals surface area contributed by atoms with Crippen LogP contribution in [0.15, 0.2) is 16.7 Å². The SMILES string of the molecule is [C-]#[N+]c1c(N)sc2c1C(C)(c1nc(-c3cc(N4CCNCC4)cc(N4CCN(C(=O)OC(C)(C)C)CC4)n3)no1)CCC2. The van der Waals surface area contributed by atoms with Crippen molar-refractivity contribution in [2.24, 2.45) is 0 Å². The third kappa shape index (κ3) is 5.73. The van der Waals surface area contributed by atoms with Crippen molar-refractivity contribution in [3.8, 4) is 11.5 Å². The molecular formula is C30H39N9O3S. The van der Waals surface area contributed by atoms with Gasteiger partial charge in [-0.3, -0.25) is 0 Å². The highest BCUT2D eigenvalue weighted by Gasteiger charge is 2.43. The van der Waals surface area contributed by atoms with E-state index in [1.807, 2.05) is 26.8 Å². The van der Waals surface area contributed by atoms with Gasteiger partial charge in [0.25, 0.3) is 0 Å². The highest BCUT2D eigenvalue weighted by molar-refractivity contribution is 7.16. The molecule has 228 valence electrons. The number of ether oxygens (including phenoxy) is 1. The van der Waals surface area contributed by atoms with Gasteiger partial charge < -0.3 is 35.0 Å². The number of nitrogens with one attached hydrogen (secondary N) is 1. The number of carbonyl (C=O) groups is 1. The molecule has 43 heavy (non-hydrogen) atoms. The summed E-state index contributed by atoms with van der Waals surface area (Å²) in [5.74, 6) is 1.71. The minimum atomic E-state index is -0.593.